The summed E-state index contributed by atoms with van der Waals surface area (Å²) in [5.74, 6) is -5.01. The van der Waals surface area contributed by atoms with E-state index < -0.39 is 18.2 Å². The van der Waals surface area contributed by atoms with Gasteiger partial charge in [0.25, 0.3) is 0 Å². The van der Waals surface area contributed by atoms with E-state index >= 15 is 0 Å². The van der Waals surface area contributed by atoms with Crippen LogP contribution in [0.1, 0.15) is 12.8 Å². The van der Waals surface area contributed by atoms with Crippen molar-refractivity contribution < 1.29 is 17.6 Å². The summed E-state index contributed by atoms with van der Waals surface area (Å²) in [7, 11) is 0. The maximum atomic E-state index is 12.7. The van der Waals surface area contributed by atoms with Crippen molar-refractivity contribution in [1.29, 1.82) is 0 Å². The van der Waals surface area contributed by atoms with E-state index in [0.717, 1.165) is 0 Å². The highest BCUT2D eigenvalue weighted by molar-refractivity contribution is 5.89. The van der Waals surface area contributed by atoms with Crippen LogP contribution in [-0.2, 0) is 0 Å². The van der Waals surface area contributed by atoms with Gasteiger partial charge in [-0.3, -0.25) is 4.99 Å². The molecule has 2 nitrogen and oxygen atoms in total. The van der Waals surface area contributed by atoms with Crippen LogP contribution in [0.25, 0.3) is 0 Å². The number of halogens is 4. The predicted molar refractivity (Wildman–Crippen MR) is 40.5 cm³/mol. The van der Waals surface area contributed by atoms with E-state index in [1.807, 2.05) is 0 Å². The second-order valence-corrected chi connectivity index (χ2v) is 2.79. The molecule has 0 amide bonds. The number of amidine groups is 1. The van der Waals surface area contributed by atoms with Gasteiger partial charge in [-0.15, -0.1) is 0 Å². The normalized spacial score (nSPS) is 19.3. The molecule has 0 spiro atoms. The largest absolute Gasteiger partial charge is 0.369 e. The topological polar surface area (TPSA) is 24.4 Å². The molecule has 0 aliphatic carbocycles. The van der Waals surface area contributed by atoms with Gasteiger partial charge in [-0.2, -0.15) is 8.78 Å². The van der Waals surface area contributed by atoms with Gasteiger partial charge in [-0.1, -0.05) is 0 Å². The lowest BCUT2D eigenvalue weighted by molar-refractivity contribution is -0.0771. The van der Waals surface area contributed by atoms with Crippen molar-refractivity contribution in [3.63, 3.8) is 0 Å². The highest BCUT2D eigenvalue weighted by atomic mass is 19.3. The first-order valence-corrected chi connectivity index (χ1v) is 4.00. The molecule has 76 valence electrons. The number of nitrogens with zero attached hydrogens (tertiary/aromatic N) is 1. The molecule has 6 heteroatoms. The minimum absolute atomic E-state index is 0.185. The van der Waals surface area contributed by atoms with Gasteiger partial charge in [0, 0.05) is 13.1 Å². The van der Waals surface area contributed by atoms with Gasteiger partial charge in [0.2, 0.25) is 0 Å². The Morgan fingerprint density at radius 3 is 2.62 bits per heavy atom. The van der Waals surface area contributed by atoms with E-state index in [1.165, 1.54) is 0 Å². The summed E-state index contributed by atoms with van der Waals surface area (Å²) in [6.45, 7) is 0.464. The monoisotopic (exact) mass is 198 g/mol. The second-order valence-electron chi connectivity index (χ2n) is 2.79. The third-order valence-corrected chi connectivity index (χ3v) is 1.74. The molecule has 0 atom stereocenters. The molecular formula is C7H10F4N2. The Balaban J connectivity index is 2.72. The maximum Gasteiger partial charge on any atom is 0.363 e. The van der Waals surface area contributed by atoms with E-state index in [2.05, 4.69) is 10.3 Å². The zero-order chi connectivity index (χ0) is 9.90. The lowest BCUT2D eigenvalue weighted by Crippen LogP contribution is -2.45. The zero-order valence-corrected chi connectivity index (χ0v) is 6.86. The van der Waals surface area contributed by atoms with Gasteiger partial charge in [-0.05, 0) is 12.8 Å². The Morgan fingerprint density at radius 1 is 1.31 bits per heavy atom. The maximum absolute atomic E-state index is 12.7. The number of aliphatic imine (C=N–C) groups is 1. The lowest BCUT2D eigenvalue weighted by atomic mass is 10.3. The SMILES string of the molecule is FC(F)C(F)(F)C1=NCCCCN1. The van der Waals surface area contributed by atoms with Gasteiger partial charge in [0.15, 0.2) is 5.84 Å². The molecule has 0 saturated carbocycles. The number of hydrogen-bond acceptors (Lipinski definition) is 2. The minimum Gasteiger partial charge on any atom is -0.369 e. The van der Waals surface area contributed by atoms with Gasteiger partial charge >= 0.3 is 12.3 Å². The molecule has 13 heavy (non-hydrogen) atoms. The minimum atomic E-state index is -4.13. The molecule has 0 aromatic rings. The van der Waals surface area contributed by atoms with Crippen molar-refractivity contribution in [3.8, 4) is 0 Å². The average Bonchev–Trinajstić information content (AvgIpc) is 2.31. The van der Waals surface area contributed by atoms with Gasteiger partial charge in [0.1, 0.15) is 0 Å². The quantitative estimate of drug-likeness (QED) is 0.670. The van der Waals surface area contributed by atoms with Gasteiger partial charge in [-0.25, -0.2) is 8.78 Å². The summed E-state index contributed by atoms with van der Waals surface area (Å²) in [5, 5.41) is 2.22. The van der Waals surface area contributed by atoms with E-state index in [-0.39, 0.29) is 13.1 Å². The summed E-state index contributed by atoms with van der Waals surface area (Å²) in [6.07, 6.45) is -2.38. The highest BCUT2D eigenvalue weighted by Crippen LogP contribution is 2.24. The third-order valence-electron chi connectivity index (χ3n) is 1.74. The molecule has 1 heterocycles. The molecule has 0 saturated heterocycles. The van der Waals surface area contributed by atoms with Crippen molar-refractivity contribution in [2.24, 2.45) is 4.99 Å². The molecule has 0 radical (unpaired) electrons. The molecule has 0 fully saturated rings. The molecule has 0 aromatic carbocycles. The van der Waals surface area contributed by atoms with E-state index in [1.54, 1.807) is 0 Å². The molecule has 1 N–H and O–H groups in total. The fraction of sp³-hybridized carbons (Fsp3) is 0.857. The fourth-order valence-electron chi connectivity index (χ4n) is 1.02. The Labute approximate surface area is 73.0 Å². The van der Waals surface area contributed by atoms with Crippen molar-refractivity contribution in [3.05, 3.63) is 0 Å². The van der Waals surface area contributed by atoms with Crippen LogP contribution in [0.2, 0.25) is 0 Å². The lowest BCUT2D eigenvalue weighted by Gasteiger charge is -2.17. The number of rotatable bonds is 2. The smallest absolute Gasteiger partial charge is 0.363 e. The summed E-state index contributed by atoms with van der Waals surface area (Å²) >= 11 is 0. The first-order chi connectivity index (χ1) is 6.05. The average molecular weight is 198 g/mol. The summed E-state index contributed by atoms with van der Waals surface area (Å²) in [4.78, 5) is 3.39. The Morgan fingerprint density at radius 2 is 2.00 bits per heavy atom. The summed E-state index contributed by atoms with van der Waals surface area (Å²) in [5.41, 5.74) is 0. The number of alkyl halides is 4. The molecule has 0 bridgehead atoms. The third kappa shape index (κ3) is 2.32. The van der Waals surface area contributed by atoms with Gasteiger partial charge in [0.05, 0.1) is 0 Å². The first-order valence-electron chi connectivity index (χ1n) is 4.00. The van der Waals surface area contributed by atoms with Crippen LogP contribution < -0.4 is 5.32 Å². The molecule has 1 aliphatic rings. The standard InChI is InChI=1S/C7H10F4N2/c8-5(9)7(10,11)6-12-3-1-2-4-13-6/h5H,1-4H2,(H,12,13). The van der Waals surface area contributed by atoms with Crippen molar-refractivity contribution in [1.82, 2.24) is 5.32 Å². The Hall–Kier alpha value is -0.810. The van der Waals surface area contributed by atoms with Crippen LogP contribution in [0.15, 0.2) is 4.99 Å². The molecule has 1 rings (SSSR count). The van der Waals surface area contributed by atoms with E-state index in [9.17, 15) is 17.6 Å². The first kappa shape index (κ1) is 10.3. The van der Waals surface area contributed by atoms with Crippen LogP contribution in [0.4, 0.5) is 17.6 Å². The fourth-order valence-corrected chi connectivity index (χ4v) is 1.02. The summed E-state index contributed by atoms with van der Waals surface area (Å²) in [6, 6.07) is 0. The van der Waals surface area contributed by atoms with E-state index in [4.69, 9.17) is 0 Å². The summed E-state index contributed by atoms with van der Waals surface area (Å²) < 4.78 is 49.1. The van der Waals surface area contributed by atoms with Gasteiger partial charge < -0.3 is 5.32 Å². The molecule has 1 aliphatic heterocycles. The molecule has 0 unspecified atom stereocenters. The van der Waals surface area contributed by atoms with Crippen LogP contribution in [0.3, 0.4) is 0 Å². The molecule has 0 aromatic heterocycles. The second kappa shape index (κ2) is 3.93. The van der Waals surface area contributed by atoms with Crippen molar-refractivity contribution >= 4 is 5.84 Å². The van der Waals surface area contributed by atoms with Crippen LogP contribution >= 0.6 is 0 Å². The predicted octanol–water partition coefficient (Wildman–Crippen LogP) is 1.67. The van der Waals surface area contributed by atoms with Crippen LogP contribution in [0.5, 0.6) is 0 Å². The van der Waals surface area contributed by atoms with Crippen molar-refractivity contribution in [2.75, 3.05) is 13.1 Å². The Kier molecular flexibility index (Phi) is 3.11. The van der Waals surface area contributed by atoms with Crippen LogP contribution in [0, 0.1) is 0 Å². The van der Waals surface area contributed by atoms with Crippen LogP contribution in [-0.4, -0.2) is 31.3 Å². The number of nitrogens with one attached hydrogen (secondary N) is 1. The molecular weight excluding hydrogens is 188 g/mol. The van der Waals surface area contributed by atoms with Crippen molar-refractivity contribution in [2.45, 2.75) is 25.2 Å². The van der Waals surface area contributed by atoms with E-state index in [0.29, 0.717) is 12.8 Å². The Bertz CT molecular complexity index is 203. The zero-order valence-electron chi connectivity index (χ0n) is 6.86. The highest BCUT2D eigenvalue weighted by Gasteiger charge is 2.46. The number of hydrogen-bond donors (Lipinski definition) is 1.